The van der Waals surface area contributed by atoms with Crippen molar-refractivity contribution in [2.24, 2.45) is 0 Å². The molecule has 0 aromatic heterocycles. The fraction of sp³-hybridized carbons (Fsp3) is 0.667. The lowest BCUT2D eigenvalue weighted by molar-refractivity contribution is 0.339. The fourth-order valence-electron chi connectivity index (χ4n) is 0.440. The maximum Gasteiger partial charge on any atom is 0.0737 e. The van der Waals surface area contributed by atoms with Crippen LogP contribution >= 0.6 is 11.8 Å². The van der Waals surface area contributed by atoms with E-state index in [2.05, 4.69) is 6.92 Å². The van der Waals surface area contributed by atoms with Crippen molar-refractivity contribution < 1.29 is 5.11 Å². The maximum atomic E-state index is 8.57. The van der Waals surface area contributed by atoms with Gasteiger partial charge in [0.2, 0.25) is 0 Å². The molecule has 1 N–H and O–H groups in total. The van der Waals surface area contributed by atoms with Crippen LogP contribution in [-0.4, -0.2) is 18.0 Å². The molecule has 0 saturated heterocycles. The molecule has 0 unspecified atom stereocenters. The maximum absolute atomic E-state index is 8.57. The van der Waals surface area contributed by atoms with Crippen molar-refractivity contribution in [2.75, 3.05) is 12.9 Å². The van der Waals surface area contributed by atoms with E-state index >= 15 is 0 Å². The molecule has 0 aromatic rings. The summed E-state index contributed by atoms with van der Waals surface area (Å²) in [5.41, 5.74) is 0. The van der Waals surface area contributed by atoms with Gasteiger partial charge in [-0.25, -0.2) is 0 Å². The Labute approximate surface area is 54.8 Å². The van der Waals surface area contributed by atoms with Crippen LogP contribution in [0.25, 0.3) is 0 Å². The number of hydrogen-bond acceptors (Lipinski definition) is 2. The van der Waals surface area contributed by atoms with Gasteiger partial charge in [0.05, 0.1) is 6.61 Å². The van der Waals surface area contributed by atoms with Crippen molar-refractivity contribution in [3.05, 3.63) is 11.0 Å². The van der Waals surface area contributed by atoms with E-state index in [1.165, 1.54) is 0 Å². The molecule has 0 aromatic carbocycles. The second-order valence-corrected chi connectivity index (χ2v) is 2.37. The van der Waals surface area contributed by atoms with Crippen molar-refractivity contribution >= 4 is 11.8 Å². The van der Waals surface area contributed by atoms with E-state index in [9.17, 15) is 0 Å². The first-order valence-electron chi connectivity index (χ1n) is 2.69. The van der Waals surface area contributed by atoms with Gasteiger partial charge in [0.1, 0.15) is 0 Å². The molecular weight excluding hydrogens is 120 g/mol. The molecule has 0 rings (SSSR count). The summed E-state index contributed by atoms with van der Waals surface area (Å²) in [5.74, 6) is 0. The first kappa shape index (κ1) is 8.05. The topological polar surface area (TPSA) is 20.2 Å². The Hall–Kier alpha value is 0.0500. The van der Waals surface area contributed by atoms with Crippen LogP contribution in [0.3, 0.4) is 0 Å². The van der Waals surface area contributed by atoms with Gasteiger partial charge in [0.25, 0.3) is 0 Å². The first-order valence-corrected chi connectivity index (χ1v) is 3.91. The van der Waals surface area contributed by atoms with Crippen LogP contribution < -0.4 is 0 Å². The number of aliphatic hydroxyl groups is 1. The lowest BCUT2D eigenvalue weighted by Gasteiger charge is -1.94. The minimum Gasteiger partial charge on any atom is -0.391 e. The van der Waals surface area contributed by atoms with Crippen LogP contribution in [0.15, 0.2) is 11.0 Å². The Morgan fingerprint density at radius 1 is 1.75 bits per heavy atom. The Balaban J connectivity index is 3.49. The highest BCUT2D eigenvalue weighted by molar-refractivity contribution is 8.02. The van der Waals surface area contributed by atoms with Crippen molar-refractivity contribution in [2.45, 2.75) is 13.3 Å². The zero-order valence-electron chi connectivity index (χ0n) is 5.35. The van der Waals surface area contributed by atoms with Gasteiger partial charge in [-0.2, -0.15) is 0 Å². The number of allylic oxidation sites excluding steroid dienone is 1. The Kier molecular flexibility index (Phi) is 5.22. The average molecular weight is 132 g/mol. The zero-order chi connectivity index (χ0) is 6.41. The van der Waals surface area contributed by atoms with Gasteiger partial charge in [0, 0.05) is 4.91 Å². The average Bonchev–Trinajstić information content (AvgIpc) is 1.83. The van der Waals surface area contributed by atoms with E-state index in [0.29, 0.717) is 0 Å². The molecule has 0 amide bonds. The summed E-state index contributed by atoms with van der Waals surface area (Å²) in [4.78, 5) is 1.06. The quantitative estimate of drug-likeness (QED) is 0.630. The molecule has 0 bridgehead atoms. The smallest absolute Gasteiger partial charge is 0.0737 e. The van der Waals surface area contributed by atoms with Gasteiger partial charge in [-0.1, -0.05) is 13.0 Å². The normalized spacial score (nSPS) is 12.1. The van der Waals surface area contributed by atoms with Gasteiger partial charge >= 0.3 is 0 Å². The van der Waals surface area contributed by atoms with Crippen LogP contribution in [0.5, 0.6) is 0 Å². The molecule has 0 atom stereocenters. The van der Waals surface area contributed by atoms with Crippen LogP contribution in [0.4, 0.5) is 0 Å². The van der Waals surface area contributed by atoms with Crippen LogP contribution in [-0.2, 0) is 0 Å². The molecular formula is C6H12OS. The minimum atomic E-state index is 0.189. The van der Waals surface area contributed by atoms with E-state index in [-0.39, 0.29) is 6.61 Å². The van der Waals surface area contributed by atoms with Crippen LogP contribution in [0.2, 0.25) is 0 Å². The van der Waals surface area contributed by atoms with Crippen molar-refractivity contribution in [1.82, 2.24) is 0 Å². The van der Waals surface area contributed by atoms with Gasteiger partial charge in [-0.15, -0.1) is 11.8 Å². The molecule has 2 heteroatoms. The predicted molar refractivity (Wildman–Crippen MR) is 39.0 cm³/mol. The molecule has 0 aliphatic carbocycles. The lowest BCUT2D eigenvalue weighted by Crippen LogP contribution is -1.82. The third-order valence-electron chi connectivity index (χ3n) is 0.850. The number of aliphatic hydroxyl groups excluding tert-OH is 1. The second-order valence-electron chi connectivity index (χ2n) is 1.44. The highest BCUT2D eigenvalue weighted by Crippen LogP contribution is 2.09. The summed E-state index contributed by atoms with van der Waals surface area (Å²) in [6.07, 6.45) is 5.01. The number of thioether (sulfide) groups is 1. The Bertz CT molecular complexity index is 72.6. The third-order valence-corrected chi connectivity index (χ3v) is 1.67. The molecule has 0 aliphatic heterocycles. The number of hydrogen-bond donors (Lipinski definition) is 1. The van der Waals surface area contributed by atoms with Crippen molar-refractivity contribution in [3.8, 4) is 0 Å². The summed E-state index contributed by atoms with van der Waals surface area (Å²) in [6, 6.07) is 0. The van der Waals surface area contributed by atoms with Gasteiger partial charge in [-0.3, -0.25) is 0 Å². The summed E-state index contributed by atoms with van der Waals surface area (Å²) in [7, 11) is 0. The zero-order valence-corrected chi connectivity index (χ0v) is 6.16. The van der Waals surface area contributed by atoms with Crippen molar-refractivity contribution in [3.63, 3.8) is 0 Å². The summed E-state index contributed by atoms with van der Waals surface area (Å²) in [6.45, 7) is 2.25. The Morgan fingerprint density at radius 3 is 2.50 bits per heavy atom. The molecule has 0 aliphatic rings. The van der Waals surface area contributed by atoms with E-state index in [0.717, 1.165) is 11.3 Å². The highest BCUT2D eigenvalue weighted by Gasteiger charge is 1.86. The SMILES string of the molecule is CC/C=C(\CO)SC. The minimum absolute atomic E-state index is 0.189. The molecule has 0 heterocycles. The molecule has 0 spiro atoms. The molecule has 8 heavy (non-hydrogen) atoms. The number of rotatable bonds is 3. The van der Waals surface area contributed by atoms with Gasteiger partial charge < -0.3 is 5.11 Å². The van der Waals surface area contributed by atoms with E-state index in [4.69, 9.17) is 5.11 Å². The first-order chi connectivity index (χ1) is 3.85. The molecule has 48 valence electrons. The molecule has 0 fully saturated rings. The fourth-order valence-corrected chi connectivity index (χ4v) is 0.903. The van der Waals surface area contributed by atoms with Crippen molar-refractivity contribution in [1.29, 1.82) is 0 Å². The lowest BCUT2D eigenvalue weighted by atomic mass is 10.4. The largest absolute Gasteiger partial charge is 0.391 e. The van der Waals surface area contributed by atoms with E-state index < -0.39 is 0 Å². The van der Waals surface area contributed by atoms with E-state index in [1.807, 2.05) is 12.3 Å². The standard InChI is InChI=1S/C6H12OS/c1-3-4-6(5-7)8-2/h4,7H,3,5H2,1-2H3/b6-4+. The van der Waals surface area contributed by atoms with Gasteiger partial charge in [-0.05, 0) is 12.7 Å². The molecule has 0 radical (unpaired) electrons. The predicted octanol–water partition coefficient (Wildman–Crippen LogP) is 1.64. The highest BCUT2D eigenvalue weighted by atomic mass is 32.2. The Morgan fingerprint density at radius 2 is 2.38 bits per heavy atom. The molecule has 0 saturated carbocycles. The van der Waals surface area contributed by atoms with Gasteiger partial charge in [0.15, 0.2) is 0 Å². The third kappa shape index (κ3) is 3.10. The van der Waals surface area contributed by atoms with Crippen LogP contribution in [0, 0.1) is 0 Å². The summed E-state index contributed by atoms with van der Waals surface area (Å²) >= 11 is 1.61. The monoisotopic (exact) mass is 132 g/mol. The van der Waals surface area contributed by atoms with Crippen LogP contribution in [0.1, 0.15) is 13.3 Å². The second kappa shape index (κ2) is 5.19. The summed E-state index contributed by atoms with van der Waals surface area (Å²) < 4.78 is 0. The van der Waals surface area contributed by atoms with E-state index in [1.54, 1.807) is 11.8 Å². The molecule has 1 nitrogen and oxygen atoms in total. The summed E-state index contributed by atoms with van der Waals surface area (Å²) in [5, 5.41) is 8.57.